The molecule has 1 amide bonds. The summed E-state index contributed by atoms with van der Waals surface area (Å²) in [6, 6.07) is 6.57. The molecule has 1 aromatic rings. The number of piperidine rings is 1. The van der Waals surface area contributed by atoms with Crippen molar-refractivity contribution in [1.82, 2.24) is 15.8 Å². The summed E-state index contributed by atoms with van der Waals surface area (Å²) in [6.07, 6.45) is 1.27. The Morgan fingerprint density at radius 3 is 2.60 bits per heavy atom. The molecular weight excluding hydrogens is 323 g/mol. The van der Waals surface area contributed by atoms with Gasteiger partial charge in [0.2, 0.25) is 0 Å². The number of ether oxygens (including phenoxy) is 1. The molecule has 0 spiro atoms. The lowest BCUT2D eigenvalue weighted by Crippen LogP contribution is -2.46. The molecule has 2 aliphatic heterocycles. The van der Waals surface area contributed by atoms with Crippen LogP contribution in [0.3, 0.4) is 0 Å². The van der Waals surface area contributed by atoms with Gasteiger partial charge in [0.15, 0.2) is 0 Å². The van der Waals surface area contributed by atoms with E-state index in [0.29, 0.717) is 24.5 Å². The van der Waals surface area contributed by atoms with Crippen molar-refractivity contribution in [3.63, 3.8) is 0 Å². The van der Waals surface area contributed by atoms with E-state index in [1.54, 1.807) is 23.1 Å². The fourth-order valence-corrected chi connectivity index (χ4v) is 3.08. The van der Waals surface area contributed by atoms with E-state index in [9.17, 15) is 9.18 Å². The number of hydrogen-bond acceptors (Lipinski definition) is 5. The Labute approximate surface area is 147 Å². The van der Waals surface area contributed by atoms with Crippen LogP contribution in [0.1, 0.15) is 39.2 Å². The molecule has 136 valence electrons. The average molecular weight is 348 g/mol. The summed E-state index contributed by atoms with van der Waals surface area (Å²) in [6.45, 7) is 6.88. The van der Waals surface area contributed by atoms with E-state index in [0.717, 1.165) is 12.8 Å². The number of hydrazine groups is 1. The van der Waals surface area contributed by atoms with Gasteiger partial charge >= 0.3 is 6.09 Å². The molecule has 0 bridgehead atoms. The zero-order chi connectivity index (χ0) is 18.0. The van der Waals surface area contributed by atoms with E-state index in [4.69, 9.17) is 4.74 Å². The maximum Gasteiger partial charge on any atom is 0.410 e. The van der Waals surface area contributed by atoms with E-state index >= 15 is 0 Å². The molecule has 3 rings (SSSR count). The molecule has 2 heterocycles. The number of carbonyl (C=O) groups is 1. The maximum absolute atomic E-state index is 13.9. The van der Waals surface area contributed by atoms with Crippen molar-refractivity contribution in [2.75, 3.05) is 13.1 Å². The molecule has 1 fully saturated rings. The summed E-state index contributed by atoms with van der Waals surface area (Å²) in [5.41, 5.74) is 6.09. The SMILES string of the molecule is CC(C)(C)OC(=O)N1CCC(C2N=C(c3ccccc3F)NN2)CC1. The minimum absolute atomic E-state index is 0.115. The second-order valence-corrected chi connectivity index (χ2v) is 7.48. The maximum atomic E-state index is 13.9. The van der Waals surface area contributed by atoms with Crippen molar-refractivity contribution >= 4 is 11.9 Å². The minimum atomic E-state index is -0.482. The van der Waals surface area contributed by atoms with Crippen LogP contribution < -0.4 is 10.9 Å². The molecule has 7 heteroatoms. The molecule has 1 saturated heterocycles. The molecule has 25 heavy (non-hydrogen) atoms. The van der Waals surface area contributed by atoms with E-state index in [2.05, 4.69) is 15.8 Å². The Hall–Kier alpha value is -2.15. The van der Waals surface area contributed by atoms with Gasteiger partial charge in [-0.3, -0.25) is 0 Å². The van der Waals surface area contributed by atoms with E-state index in [1.165, 1.54) is 6.07 Å². The Morgan fingerprint density at radius 2 is 1.96 bits per heavy atom. The summed E-state index contributed by atoms with van der Waals surface area (Å²) in [5.74, 6) is 0.518. The van der Waals surface area contributed by atoms with Crippen LogP contribution in [0, 0.1) is 11.7 Å². The molecule has 0 saturated carbocycles. The number of halogens is 1. The molecule has 0 aliphatic carbocycles. The fourth-order valence-electron chi connectivity index (χ4n) is 3.08. The molecule has 1 unspecified atom stereocenters. The lowest BCUT2D eigenvalue weighted by Gasteiger charge is -2.34. The quantitative estimate of drug-likeness (QED) is 0.862. The monoisotopic (exact) mass is 348 g/mol. The van der Waals surface area contributed by atoms with Crippen LogP contribution >= 0.6 is 0 Å². The van der Waals surface area contributed by atoms with Gasteiger partial charge in [-0.05, 0) is 51.7 Å². The van der Waals surface area contributed by atoms with Crippen LogP contribution in [0.4, 0.5) is 9.18 Å². The summed E-state index contributed by atoms with van der Waals surface area (Å²) >= 11 is 0. The minimum Gasteiger partial charge on any atom is -0.444 e. The third kappa shape index (κ3) is 4.28. The van der Waals surface area contributed by atoms with Gasteiger partial charge in [0.25, 0.3) is 0 Å². The van der Waals surface area contributed by atoms with Crippen molar-refractivity contribution in [1.29, 1.82) is 0 Å². The third-order valence-electron chi connectivity index (χ3n) is 4.37. The molecule has 2 N–H and O–H groups in total. The second-order valence-electron chi connectivity index (χ2n) is 7.48. The van der Waals surface area contributed by atoms with Gasteiger partial charge in [-0.25, -0.2) is 19.6 Å². The van der Waals surface area contributed by atoms with Crippen LogP contribution in [-0.2, 0) is 4.74 Å². The van der Waals surface area contributed by atoms with Gasteiger partial charge in [-0.2, -0.15) is 0 Å². The first-order chi connectivity index (χ1) is 11.8. The van der Waals surface area contributed by atoms with Gasteiger partial charge in [0, 0.05) is 13.1 Å². The summed E-state index contributed by atoms with van der Waals surface area (Å²) < 4.78 is 19.3. The van der Waals surface area contributed by atoms with Crippen molar-refractivity contribution in [2.24, 2.45) is 10.9 Å². The highest BCUT2D eigenvalue weighted by atomic mass is 19.1. The Morgan fingerprint density at radius 1 is 1.28 bits per heavy atom. The number of carbonyl (C=O) groups excluding carboxylic acids is 1. The molecular formula is C18H25FN4O2. The van der Waals surface area contributed by atoms with E-state index < -0.39 is 5.60 Å². The van der Waals surface area contributed by atoms with Crippen LogP contribution in [0.25, 0.3) is 0 Å². The lowest BCUT2D eigenvalue weighted by molar-refractivity contribution is 0.0171. The number of amides is 1. The molecule has 0 radical (unpaired) electrons. The van der Waals surface area contributed by atoms with Gasteiger partial charge in [-0.1, -0.05) is 12.1 Å². The molecule has 1 aromatic carbocycles. The standard InChI is InChI=1S/C18H25FN4O2/c1-18(2,3)25-17(24)23-10-8-12(9-11-23)15-20-16(22-21-15)13-6-4-5-7-14(13)19/h4-7,12,15,21H,8-11H2,1-3H3,(H,20,22). The molecule has 0 aromatic heterocycles. The number of benzene rings is 1. The smallest absolute Gasteiger partial charge is 0.410 e. The summed E-state index contributed by atoms with van der Waals surface area (Å²) in [7, 11) is 0. The van der Waals surface area contributed by atoms with Gasteiger partial charge in [-0.15, -0.1) is 0 Å². The zero-order valence-corrected chi connectivity index (χ0v) is 14.9. The van der Waals surface area contributed by atoms with Gasteiger partial charge in [0.1, 0.15) is 23.4 Å². The van der Waals surface area contributed by atoms with Crippen molar-refractivity contribution < 1.29 is 13.9 Å². The van der Waals surface area contributed by atoms with Gasteiger partial charge < -0.3 is 15.1 Å². The van der Waals surface area contributed by atoms with Crippen molar-refractivity contribution in [3.8, 4) is 0 Å². The lowest BCUT2D eigenvalue weighted by atomic mass is 9.94. The average Bonchev–Trinajstić information content (AvgIpc) is 3.03. The summed E-state index contributed by atoms with van der Waals surface area (Å²) in [4.78, 5) is 18.5. The molecule has 1 atom stereocenters. The number of likely N-dealkylation sites (tertiary alicyclic amines) is 1. The van der Waals surface area contributed by atoms with Crippen molar-refractivity contribution in [3.05, 3.63) is 35.6 Å². The normalized spacial score (nSPS) is 21.7. The largest absolute Gasteiger partial charge is 0.444 e. The number of hydrogen-bond donors (Lipinski definition) is 2. The summed E-state index contributed by atoms with van der Waals surface area (Å²) in [5, 5.41) is 0. The highest BCUT2D eigenvalue weighted by Crippen LogP contribution is 2.24. The first-order valence-corrected chi connectivity index (χ1v) is 8.66. The zero-order valence-electron chi connectivity index (χ0n) is 14.9. The van der Waals surface area contributed by atoms with E-state index in [1.807, 2.05) is 20.8 Å². The first-order valence-electron chi connectivity index (χ1n) is 8.66. The predicted molar refractivity (Wildman–Crippen MR) is 93.5 cm³/mol. The van der Waals surface area contributed by atoms with Crippen LogP contribution in [0.5, 0.6) is 0 Å². The Kier molecular flexibility index (Phi) is 4.94. The predicted octanol–water partition coefficient (Wildman–Crippen LogP) is 2.65. The molecule has 6 nitrogen and oxygen atoms in total. The van der Waals surface area contributed by atoms with Crippen LogP contribution in [-0.4, -0.2) is 41.7 Å². The highest BCUT2D eigenvalue weighted by molar-refractivity contribution is 5.99. The van der Waals surface area contributed by atoms with Gasteiger partial charge in [0.05, 0.1) is 5.56 Å². The number of amidine groups is 1. The van der Waals surface area contributed by atoms with Crippen molar-refractivity contribution in [2.45, 2.75) is 45.4 Å². The fraction of sp³-hybridized carbons (Fsp3) is 0.556. The van der Waals surface area contributed by atoms with Crippen LogP contribution in [0.2, 0.25) is 0 Å². The number of aliphatic imine (C=N–C) groups is 1. The van der Waals surface area contributed by atoms with Crippen LogP contribution in [0.15, 0.2) is 29.3 Å². The first kappa shape index (κ1) is 17.7. The number of nitrogens with one attached hydrogen (secondary N) is 2. The topological polar surface area (TPSA) is 66.0 Å². The Bertz CT molecular complexity index is 663. The number of rotatable bonds is 2. The van der Waals surface area contributed by atoms with E-state index in [-0.39, 0.29) is 24.0 Å². The second kappa shape index (κ2) is 7.00. The highest BCUT2D eigenvalue weighted by Gasteiger charge is 2.32. The Balaban J connectivity index is 1.57. The molecule has 2 aliphatic rings. The third-order valence-corrected chi connectivity index (χ3v) is 4.37. The number of nitrogens with zero attached hydrogens (tertiary/aromatic N) is 2.